The van der Waals surface area contributed by atoms with E-state index in [4.69, 9.17) is 0 Å². The number of hydrogen-bond donors (Lipinski definition) is 1. The molecule has 172 valence electrons. The minimum absolute atomic E-state index is 0.0139. The number of nitrogens with zero attached hydrogens (tertiary/aromatic N) is 1. The van der Waals surface area contributed by atoms with E-state index in [-0.39, 0.29) is 22.1 Å². The molecule has 0 radical (unpaired) electrons. The monoisotopic (exact) mass is 489 g/mol. The van der Waals surface area contributed by atoms with E-state index in [1.807, 2.05) is 55.5 Å². The molecule has 4 aromatic rings. The van der Waals surface area contributed by atoms with Crippen LogP contribution >= 0.6 is 11.5 Å². The van der Waals surface area contributed by atoms with Crippen molar-refractivity contribution in [3.05, 3.63) is 94.5 Å². The van der Waals surface area contributed by atoms with Gasteiger partial charge in [-0.2, -0.15) is 0 Å². The Balaban J connectivity index is 1.64. The molecular formula is C27H23NO4S2. The van der Waals surface area contributed by atoms with Crippen LogP contribution in [0.15, 0.2) is 77.8 Å². The summed E-state index contributed by atoms with van der Waals surface area (Å²) in [5, 5.41) is 9.47. The molecule has 0 atom stereocenters. The molecule has 7 heteroatoms. The largest absolute Gasteiger partial charge is 0.478 e. The van der Waals surface area contributed by atoms with Crippen LogP contribution in [0.5, 0.6) is 0 Å². The Kier molecular flexibility index (Phi) is 5.83. The highest BCUT2D eigenvalue weighted by molar-refractivity contribution is 7.90. The SMILES string of the molecule is Cc1sncc1-c1ccc(-c2ccccc2)c(CS(=O)(=O)c2cc(C(=O)O)ccc2C2CC2)c1. The van der Waals surface area contributed by atoms with Gasteiger partial charge in [0.15, 0.2) is 9.84 Å². The van der Waals surface area contributed by atoms with Crippen molar-refractivity contribution < 1.29 is 18.3 Å². The van der Waals surface area contributed by atoms with Gasteiger partial charge in [0.2, 0.25) is 0 Å². The molecule has 1 N–H and O–H groups in total. The lowest BCUT2D eigenvalue weighted by atomic mass is 9.96. The van der Waals surface area contributed by atoms with E-state index in [0.717, 1.165) is 45.5 Å². The van der Waals surface area contributed by atoms with E-state index >= 15 is 0 Å². The number of aromatic carboxylic acids is 1. The summed E-state index contributed by atoms with van der Waals surface area (Å²) in [7, 11) is -3.81. The Bertz CT molecular complexity index is 1490. The number of aryl methyl sites for hydroxylation is 1. The number of aromatic nitrogens is 1. The third-order valence-electron chi connectivity index (χ3n) is 6.21. The van der Waals surface area contributed by atoms with Crippen LogP contribution in [0.25, 0.3) is 22.3 Å². The van der Waals surface area contributed by atoms with Gasteiger partial charge in [0.1, 0.15) is 0 Å². The molecule has 0 aliphatic heterocycles. The molecular weight excluding hydrogens is 466 g/mol. The third-order valence-corrected chi connectivity index (χ3v) is 8.63. The van der Waals surface area contributed by atoms with Crippen molar-refractivity contribution in [2.45, 2.75) is 36.3 Å². The van der Waals surface area contributed by atoms with Crippen LogP contribution in [-0.4, -0.2) is 23.9 Å². The zero-order valence-electron chi connectivity index (χ0n) is 18.6. The standard InChI is InChI=1S/C27H23NO4S2/c1-17-25(15-28-33-17)20-9-11-23(18-5-3-2-4-6-18)22(13-20)16-34(31,32)26-14-21(27(29)30)10-12-24(26)19-7-8-19/h2-6,9-15,19H,7-8,16H2,1H3,(H,29,30). The van der Waals surface area contributed by atoms with E-state index in [1.165, 1.54) is 23.7 Å². The van der Waals surface area contributed by atoms with Gasteiger partial charge in [0.25, 0.3) is 0 Å². The molecule has 1 heterocycles. The highest BCUT2D eigenvalue weighted by atomic mass is 32.2. The number of carbonyl (C=O) groups is 1. The first-order valence-electron chi connectivity index (χ1n) is 11.0. The maximum absolute atomic E-state index is 13.8. The first-order valence-corrected chi connectivity index (χ1v) is 13.5. The Hall–Kier alpha value is -3.29. The van der Waals surface area contributed by atoms with Gasteiger partial charge < -0.3 is 5.11 Å². The maximum Gasteiger partial charge on any atom is 0.335 e. The van der Waals surface area contributed by atoms with Crippen LogP contribution < -0.4 is 0 Å². The van der Waals surface area contributed by atoms with Crippen molar-refractivity contribution in [3.63, 3.8) is 0 Å². The van der Waals surface area contributed by atoms with E-state index < -0.39 is 15.8 Å². The second-order valence-corrected chi connectivity index (χ2v) is 11.6. The predicted molar refractivity (Wildman–Crippen MR) is 134 cm³/mol. The Morgan fingerprint density at radius 2 is 1.76 bits per heavy atom. The summed E-state index contributed by atoms with van der Waals surface area (Å²) in [5.74, 6) is -1.18. The molecule has 0 amide bonds. The summed E-state index contributed by atoms with van der Waals surface area (Å²) in [4.78, 5) is 12.8. The van der Waals surface area contributed by atoms with Gasteiger partial charge >= 0.3 is 5.97 Å². The van der Waals surface area contributed by atoms with Crippen molar-refractivity contribution in [2.75, 3.05) is 0 Å². The molecule has 0 unspecified atom stereocenters. The minimum Gasteiger partial charge on any atom is -0.478 e. The van der Waals surface area contributed by atoms with Crippen LogP contribution in [0.2, 0.25) is 0 Å². The summed E-state index contributed by atoms with van der Waals surface area (Å²) in [6.07, 6.45) is 3.64. The summed E-state index contributed by atoms with van der Waals surface area (Å²) in [6.45, 7) is 1.99. The predicted octanol–water partition coefficient (Wildman–Crippen LogP) is 6.34. The van der Waals surface area contributed by atoms with Gasteiger partial charge in [-0.1, -0.05) is 48.5 Å². The second-order valence-electron chi connectivity index (χ2n) is 8.62. The van der Waals surface area contributed by atoms with Gasteiger partial charge in [-0.3, -0.25) is 0 Å². The van der Waals surface area contributed by atoms with Crippen molar-refractivity contribution >= 4 is 27.3 Å². The Morgan fingerprint density at radius 3 is 2.41 bits per heavy atom. The van der Waals surface area contributed by atoms with Crippen LogP contribution in [0.4, 0.5) is 0 Å². The van der Waals surface area contributed by atoms with Gasteiger partial charge in [0.05, 0.1) is 16.2 Å². The quantitative estimate of drug-likeness (QED) is 0.328. The normalized spacial score (nSPS) is 13.7. The van der Waals surface area contributed by atoms with E-state index in [9.17, 15) is 18.3 Å². The first-order chi connectivity index (χ1) is 16.3. The number of sulfone groups is 1. The molecule has 5 nitrogen and oxygen atoms in total. The average molecular weight is 490 g/mol. The number of benzene rings is 3. The number of rotatable bonds is 7. The minimum atomic E-state index is -3.81. The van der Waals surface area contributed by atoms with Crippen LogP contribution in [0.3, 0.4) is 0 Å². The zero-order valence-corrected chi connectivity index (χ0v) is 20.2. The zero-order chi connectivity index (χ0) is 23.9. The molecule has 3 aromatic carbocycles. The number of hydrogen-bond acceptors (Lipinski definition) is 5. The van der Waals surface area contributed by atoms with Crippen molar-refractivity contribution in [1.82, 2.24) is 4.37 Å². The van der Waals surface area contributed by atoms with Crippen molar-refractivity contribution in [3.8, 4) is 22.3 Å². The summed E-state index contributed by atoms with van der Waals surface area (Å²) >= 11 is 1.41. The van der Waals surface area contributed by atoms with Gasteiger partial charge in [0, 0.05) is 16.6 Å². The van der Waals surface area contributed by atoms with E-state index in [0.29, 0.717) is 5.56 Å². The number of carboxylic acids is 1. The second kappa shape index (κ2) is 8.81. The average Bonchev–Trinajstić information content (AvgIpc) is 3.59. The lowest BCUT2D eigenvalue weighted by Gasteiger charge is -2.15. The molecule has 1 fully saturated rings. The molecule has 0 spiro atoms. The Labute approximate surface area is 202 Å². The molecule has 5 rings (SSSR count). The van der Waals surface area contributed by atoms with Crippen molar-refractivity contribution in [2.24, 2.45) is 0 Å². The fourth-order valence-electron chi connectivity index (χ4n) is 4.31. The lowest BCUT2D eigenvalue weighted by Crippen LogP contribution is -2.11. The summed E-state index contributed by atoms with van der Waals surface area (Å²) in [5.41, 5.74) is 5.06. The van der Waals surface area contributed by atoms with Crippen LogP contribution in [0.1, 0.15) is 45.1 Å². The lowest BCUT2D eigenvalue weighted by molar-refractivity contribution is 0.0696. The van der Waals surface area contributed by atoms with Gasteiger partial charge in [-0.15, -0.1) is 0 Å². The summed E-state index contributed by atoms with van der Waals surface area (Å²) in [6, 6.07) is 20.1. The molecule has 34 heavy (non-hydrogen) atoms. The fraction of sp³-hybridized carbons (Fsp3) is 0.185. The topological polar surface area (TPSA) is 84.3 Å². The third kappa shape index (κ3) is 4.41. The van der Waals surface area contributed by atoms with Crippen LogP contribution in [-0.2, 0) is 15.6 Å². The highest BCUT2D eigenvalue weighted by Gasteiger charge is 2.31. The Morgan fingerprint density at radius 1 is 1.00 bits per heavy atom. The van der Waals surface area contributed by atoms with E-state index in [1.54, 1.807) is 12.3 Å². The fourth-order valence-corrected chi connectivity index (χ4v) is 6.60. The summed E-state index contributed by atoms with van der Waals surface area (Å²) < 4.78 is 31.8. The van der Waals surface area contributed by atoms with Gasteiger partial charge in [-0.05, 0) is 83.2 Å². The van der Waals surface area contributed by atoms with Crippen LogP contribution in [0, 0.1) is 6.92 Å². The maximum atomic E-state index is 13.8. The first kappa shape index (κ1) is 22.5. The smallest absolute Gasteiger partial charge is 0.335 e. The van der Waals surface area contributed by atoms with Crippen molar-refractivity contribution in [1.29, 1.82) is 0 Å². The molecule has 0 bridgehead atoms. The molecule has 1 aromatic heterocycles. The molecule has 1 saturated carbocycles. The molecule has 0 saturated heterocycles. The van der Waals surface area contributed by atoms with Gasteiger partial charge in [-0.25, -0.2) is 17.6 Å². The molecule has 1 aliphatic carbocycles. The highest BCUT2D eigenvalue weighted by Crippen LogP contribution is 2.44. The van der Waals surface area contributed by atoms with E-state index in [2.05, 4.69) is 4.37 Å². The molecule has 1 aliphatic rings. The number of carboxylic acid groups (broad SMARTS) is 1.